The number of furan rings is 1. The van der Waals surface area contributed by atoms with Gasteiger partial charge in [0.2, 0.25) is 0 Å². The van der Waals surface area contributed by atoms with Crippen LogP contribution < -0.4 is 0 Å². The van der Waals surface area contributed by atoms with Gasteiger partial charge in [0, 0.05) is 37.2 Å². The van der Waals surface area contributed by atoms with Gasteiger partial charge in [0.05, 0.1) is 18.9 Å². The van der Waals surface area contributed by atoms with Gasteiger partial charge in [-0.3, -0.25) is 5.10 Å². The second-order valence-corrected chi connectivity index (χ2v) is 4.81. The fourth-order valence-electron chi connectivity index (χ4n) is 1.16. The van der Waals surface area contributed by atoms with E-state index in [1.165, 1.54) is 0 Å². The van der Waals surface area contributed by atoms with Gasteiger partial charge in [-0.25, -0.2) is 4.98 Å². The molecular weight excluding hydrogens is 334 g/mol. The summed E-state index contributed by atoms with van der Waals surface area (Å²) in [6.45, 7) is 0. The maximum Gasteiger partial charge on any atom is 0.0919 e. The van der Waals surface area contributed by atoms with Gasteiger partial charge in [-0.15, -0.1) is 0 Å². The third-order valence-corrected chi connectivity index (χ3v) is 2.79. The smallest absolute Gasteiger partial charge is 0.0919 e. The van der Waals surface area contributed by atoms with Crippen LogP contribution in [0.3, 0.4) is 0 Å². The molecule has 6 nitrogen and oxygen atoms in total. The molecule has 0 spiro atoms. The number of imidazole rings is 1. The van der Waals surface area contributed by atoms with E-state index in [4.69, 9.17) is 0 Å². The Morgan fingerprint density at radius 2 is 1.44 bits per heavy atom. The molecule has 0 aliphatic carbocycles. The minimum Gasteiger partial charge on any atom is -0.473 e. The zero-order valence-corrected chi connectivity index (χ0v) is 14.4. The van der Waals surface area contributed by atoms with E-state index in [1.807, 2.05) is 65.6 Å². The van der Waals surface area contributed by atoms with Crippen molar-refractivity contribution < 1.29 is 4.42 Å². The minimum atomic E-state index is 1.62. The summed E-state index contributed by atoms with van der Waals surface area (Å²) >= 11 is 1.71. The summed E-state index contributed by atoms with van der Waals surface area (Å²) in [7, 11) is 0. The van der Waals surface area contributed by atoms with E-state index >= 15 is 0 Å². The third-order valence-electron chi connectivity index (χ3n) is 2.16. The maximum absolute atomic E-state index is 4.58. The Balaban J connectivity index is 0.000000156. The van der Waals surface area contributed by atoms with Gasteiger partial charge in [0.1, 0.15) is 0 Å². The molecule has 0 atom stereocenters. The van der Waals surface area contributed by atoms with Crippen LogP contribution in [0.4, 0.5) is 0 Å². The van der Waals surface area contributed by atoms with Crippen molar-refractivity contribution in [3.8, 4) is 0 Å². The molecule has 5 aromatic heterocycles. The Hall–Kier alpha value is -3.32. The SMILES string of the molecule is c1c[nH]cn1.c1cc[nH]c1.c1ccoc1.c1ccsc1.c1cn[nH]c1. The Morgan fingerprint density at radius 3 is 1.64 bits per heavy atom. The van der Waals surface area contributed by atoms with Crippen molar-refractivity contribution in [1.29, 1.82) is 0 Å². The number of hydrogen-bond donors (Lipinski definition) is 3. The Kier molecular flexibility index (Phi) is 13.4. The molecule has 0 saturated heterocycles. The largest absolute Gasteiger partial charge is 0.473 e. The molecule has 3 N–H and O–H groups in total. The first kappa shape index (κ1) is 19.7. The van der Waals surface area contributed by atoms with Crippen molar-refractivity contribution in [3.63, 3.8) is 0 Å². The molecule has 0 aliphatic rings. The molecule has 25 heavy (non-hydrogen) atoms. The molecule has 5 rings (SSSR count). The van der Waals surface area contributed by atoms with Gasteiger partial charge < -0.3 is 14.4 Å². The number of H-pyrrole nitrogens is 3. The van der Waals surface area contributed by atoms with E-state index in [1.54, 1.807) is 55.0 Å². The highest BCUT2D eigenvalue weighted by molar-refractivity contribution is 7.07. The fourth-order valence-corrected chi connectivity index (χ4v) is 1.62. The number of nitrogens with one attached hydrogen (secondary N) is 3. The maximum atomic E-state index is 4.58. The number of hydrogen-bond acceptors (Lipinski definition) is 4. The zero-order chi connectivity index (χ0) is 17.7. The van der Waals surface area contributed by atoms with Crippen LogP contribution in [0.1, 0.15) is 0 Å². The Bertz CT molecular complexity index is 464. The van der Waals surface area contributed by atoms with Gasteiger partial charge in [0.15, 0.2) is 0 Å². The second-order valence-electron chi connectivity index (χ2n) is 4.00. The predicted octanol–water partition coefficient (Wildman–Crippen LogP) is 4.86. The molecule has 0 radical (unpaired) electrons. The van der Waals surface area contributed by atoms with E-state index < -0.39 is 0 Å². The summed E-state index contributed by atoms with van der Waals surface area (Å²) in [4.78, 5) is 9.28. The molecule has 0 bridgehead atoms. The first-order valence-corrected chi connectivity index (χ1v) is 8.33. The van der Waals surface area contributed by atoms with E-state index in [0.717, 1.165) is 0 Å². The van der Waals surface area contributed by atoms with Crippen molar-refractivity contribution in [2.75, 3.05) is 0 Å². The molecule has 5 heterocycles. The lowest BCUT2D eigenvalue weighted by atomic mass is 10.7. The predicted molar refractivity (Wildman–Crippen MR) is 101 cm³/mol. The highest BCUT2D eigenvalue weighted by Crippen LogP contribution is 1.91. The van der Waals surface area contributed by atoms with Crippen LogP contribution in [0.15, 0.2) is 114 Å². The summed E-state index contributed by atoms with van der Waals surface area (Å²) in [5.74, 6) is 0. The second kappa shape index (κ2) is 17.0. The lowest BCUT2D eigenvalue weighted by Gasteiger charge is -1.50. The first-order valence-electron chi connectivity index (χ1n) is 7.38. The number of nitrogens with zero attached hydrogens (tertiary/aromatic N) is 2. The van der Waals surface area contributed by atoms with Crippen LogP contribution in [0.2, 0.25) is 0 Å². The van der Waals surface area contributed by atoms with E-state index in [-0.39, 0.29) is 0 Å². The number of aromatic nitrogens is 5. The van der Waals surface area contributed by atoms with Crippen LogP contribution in [0.25, 0.3) is 0 Å². The highest BCUT2D eigenvalue weighted by atomic mass is 32.1. The lowest BCUT2D eigenvalue weighted by Crippen LogP contribution is -1.53. The zero-order valence-electron chi connectivity index (χ0n) is 13.6. The molecule has 0 aliphatic heterocycles. The van der Waals surface area contributed by atoms with Crippen molar-refractivity contribution in [1.82, 2.24) is 25.1 Å². The molecule has 7 heteroatoms. The lowest BCUT2D eigenvalue weighted by molar-refractivity contribution is 0.567. The summed E-state index contributed by atoms with van der Waals surface area (Å²) in [5.41, 5.74) is 0. The van der Waals surface area contributed by atoms with Gasteiger partial charge >= 0.3 is 0 Å². The van der Waals surface area contributed by atoms with Gasteiger partial charge in [-0.1, -0.05) is 12.1 Å². The molecule has 0 fully saturated rings. The third kappa shape index (κ3) is 15.4. The van der Waals surface area contributed by atoms with Crippen molar-refractivity contribution >= 4 is 11.3 Å². The van der Waals surface area contributed by atoms with Crippen molar-refractivity contribution in [2.45, 2.75) is 0 Å². The van der Waals surface area contributed by atoms with Crippen molar-refractivity contribution in [3.05, 3.63) is 109 Å². The van der Waals surface area contributed by atoms with Crippen LogP contribution in [-0.4, -0.2) is 25.1 Å². The minimum absolute atomic E-state index is 1.62. The summed E-state index contributed by atoms with van der Waals surface area (Å²) < 4.78 is 4.58. The Morgan fingerprint density at radius 1 is 0.680 bits per heavy atom. The summed E-state index contributed by atoms with van der Waals surface area (Å²) in [6.07, 6.45) is 15.5. The van der Waals surface area contributed by atoms with Gasteiger partial charge in [-0.2, -0.15) is 16.4 Å². The fraction of sp³-hybridized carbons (Fsp3) is 0. The molecule has 0 unspecified atom stereocenters. The average molecular weight is 355 g/mol. The van der Waals surface area contributed by atoms with Gasteiger partial charge in [0.25, 0.3) is 0 Å². The van der Waals surface area contributed by atoms with E-state index in [0.29, 0.717) is 0 Å². The Labute approximate surface area is 150 Å². The molecule has 0 saturated carbocycles. The van der Waals surface area contributed by atoms with Crippen LogP contribution >= 0.6 is 11.3 Å². The van der Waals surface area contributed by atoms with E-state index in [2.05, 4.69) is 29.6 Å². The summed E-state index contributed by atoms with van der Waals surface area (Å²) in [5, 5.41) is 10.3. The van der Waals surface area contributed by atoms with Crippen LogP contribution in [0.5, 0.6) is 0 Å². The van der Waals surface area contributed by atoms with Gasteiger partial charge in [-0.05, 0) is 41.1 Å². The molecule has 0 amide bonds. The number of thiophene rings is 1. The topological polar surface area (TPSA) is 86.3 Å². The van der Waals surface area contributed by atoms with Crippen LogP contribution in [0, 0.1) is 0 Å². The number of aromatic amines is 3. The normalized spacial score (nSPS) is 8.00. The molecule has 130 valence electrons. The number of rotatable bonds is 0. The summed E-state index contributed by atoms with van der Waals surface area (Å²) in [6, 6.07) is 13.4. The first-order chi connectivity index (χ1) is 12.5. The average Bonchev–Trinajstić information content (AvgIpc) is 3.55. The quantitative estimate of drug-likeness (QED) is 0.371. The highest BCUT2D eigenvalue weighted by Gasteiger charge is 1.59. The van der Waals surface area contributed by atoms with E-state index in [9.17, 15) is 0 Å². The molecular formula is C18H21N5OS. The molecule has 0 aromatic carbocycles. The van der Waals surface area contributed by atoms with Crippen molar-refractivity contribution in [2.24, 2.45) is 0 Å². The standard InChI is InChI=1S/C4H5N.C4H4O.C4H4S.2C3H4N2/c3*1-2-4-5-3-1;1-2-5-3-4-1;1-2-4-5-3-1/h1-5H;2*1-4H;2*1-3H,(H,4,5). The van der Waals surface area contributed by atoms with Crippen LogP contribution in [-0.2, 0) is 0 Å². The molecule has 5 aromatic rings. The monoisotopic (exact) mass is 355 g/mol.